The van der Waals surface area contributed by atoms with Gasteiger partial charge in [0.25, 0.3) is 5.91 Å². The average Bonchev–Trinajstić information content (AvgIpc) is 2.97. The van der Waals surface area contributed by atoms with Crippen LogP contribution in [-0.2, 0) is 9.59 Å². The lowest BCUT2D eigenvalue weighted by atomic mass is 10.1. The molecule has 2 aromatic rings. The Hall–Kier alpha value is -2.86. The summed E-state index contributed by atoms with van der Waals surface area (Å²) in [6, 6.07) is 14.3. The average molecular weight is 365 g/mol. The zero-order valence-corrected chi connectivity index (χ0v) is 15.3. The van der Waals surface area contributed by atoms with E-state index in [9.17, 15) is 14.7 Å². The number of phenolic OH excluding ortho intramolecular Hbond substituents is 1. The molecule has 27 heavy (non-hydrogen) atoms. The van der Waals surface area contributed by atoms with Crippen molar-refractivity contribution in [2.24, 2.45) is 0 Å². The maximum absolute atomic E-state index is 13.0. The zero-order valence-electron chi connectivity index (χ0n) is 15.3. The van der Waals surface area contributed by atoms with Crippen LogP contribution in [0.3, 0.4) is 0 Å². The van der Waals surface area contributed by atoms with Crippen molar-refractivity contribution in [3.05, 3.63) is 54.1 Å². The molecule has 0 saturated carbocycles. The number of nitrogens with zero attached hydrogens (tertiary/aromatic N) is 3. The van der Waals surface area contributed by atoms with Gasteiger partial charge in [0.2, 0.25) is 5.91 Å². The number of piperazine rings is 1. The second kappa shape index (κ2) is 7.04. The molecular weight excluding hydrogens is 342 g/mol. The second-order valence-corrected chi connectivity index (χ2v) is 7.11. The smallest absolute Gasteiger partial charge is 0.251 e. The third kappa shape index (κ3) is 3.28. The molecule has 2 amide bonds. The van der Waals surface area contributed by atoms with E-state index in [1.807, 2.05) is 43.3 Å². The Morgan fingerprint density at radius 3 is 2.26 bits per heavy atom. The van der Waals surface area contributed by atoms with Crippen LogP contribution in [0, 0.1) is 6.92 Å². The number of amides is 2. The van der Waals surface area contributed by atoms with Gasteiger partial charge in [0, 0.05) is 31.9 Å². The fourth-order valence-corrected chi connectivity index (χ4v) is 3.92. The van der Waals surface area contributed by atoms with E-state index in [4.69, 9.17) is 0 Å². The molecule has 2 aliphatic rings. The molecule has 1 N–H and O–H groups in total. The van der Waals surface area contributed by atoms with Gasteiger partial charge in [0.1, 0.15) is 5.75 Å². The molecule has 2 saturated heterocycles. The fraction of sp³-hybridized carbons (Fsp3) is 0.333. The number of para-hydroxylation sites is 1. The van der Waals surface area contributed by atoms with E-state index in [-0.39, 0.29) is 30.0 Å². The topological polar surface area (TPSA) is 64.1 Å². The molecule has 6 heteroatoms. The second-order valence-electron chi connectivity index (χ2n) is 7.11. The molecule has 0 unspecified atom stereocenters. The van der Waals surface area contributed by atoms with Crippen LogP contribution in [0.5, 0.6) is 5.75 Å². The number of anilines is 2. The standard InChI is InChI=1S/C21H23N3O3/c1-15-4-2-3-5-18(15)24-20(26)14-19(21(24)27)23-12-10-22(11-13-23)16-6-8-17(25)9-7-16/h2-9,19,25H,10-14H2,1H3/t19-/m1/s1. The molecule has 2 aromatic carbocycles. The highest BCUT2D eigenvalue weighted by molar-refractivity contribution is 6.22. The van der Waals surface area contributed by atoms with Crippen LogP contribution >= 0.6 is 0 Å². The van der Waals surface area contributed by atoms with Crippen LogP contribution in [0.15, 0.2) is 48.5 Å². The molecule has 0 spiro atoms. The number of hydrogen-bond acceptors (Lipinski definition) is 5. The minimum atomic E-state index is -0.376. The highest BCUT2D eigenvalue weighted by Crippen LogP contribution is 2.29. The fourth-order valence-electron chi connectivity index (χ4n) is 3.92. The molecule has 4 rings (SSSR count). The summed E-state index contributed by atoms with van der Waals surface area (Å²) in [5, 5.41) is 9.43. The number of aromatic hydroxyl groups is 1. The molecule has 0 bridgehead atoms. The van der Waals surface area contributed by atoms with Crippen molar-refractivity contribution in [2.45, 2.75) is 19.4 Å². The Labute approximate surface area is 158 Å². The van der Waals surface area contributed by atoms with Crippen LogP contribution in [-0.4, -0.2) is 54.0 Å². The SMILES string of the molecule is Cc1ccccc1N1C(=O)C[C@@H](N2CCN(c3ccc(O)cc3)CC2)C1=O. The Morgan fingerprint density at radius 2 is 1.59 bits per heavy atom. The zero-order chi connectivity index (χ0) is 19.0. The summed E-state index contributed by atoms with van der Waals surface area (Å²) < 4.78 is 0. The Balaban J connectivity index is 1.45. The first kappa shape index (κ1) is 17.5. The number of hydrogen-bond donors (Lipinski definition) is 1. The van der Waals surface area contributed by atoms with Crippen molar-refractivity contribution < 1.29 is 14.7 Å². The van der Waals surface area contributed by atoms with Crippen molar-refractivity contribution in [2.75, 3.05) is 36.0 Å². The summed E-state index contributed by atoms with van der Waals surface area (Å²) in [5.41, 5.74) is 2.68. The highest BCUT2D eigenvalue weighted by Gasteiger charge is 2.43. The van der Waals surface area contributed by atoms with E-state index in [0.29, 0.717) is 5.69 Å². The van der Waals surface area contributed by atoms with Crippen molar-refractivity contribution in [1.82, 2.24) is 4.90 Å². The lowest BCUT2D eigenvalue weighted by molar-refractivity contribution is -0.123. The first-order valence-corrected chi connectivity index (χ1v) is 9.25. The first-order chi connectivity index (χ1) is 13.0. The number of aryl methyl sites for hydroxylation is 1. The minimum Gasteiger partial charge on any atom is -0.508 e. The summed E-state index contributed by atoms with van der Waals surface area (Å²) >= 11 is 0. The van der Waals surface area contributed by atoms with Gasteiger partial charge in [-0.3, -0.25) is 14.5 Å². The molecule has 2 fully saturated rings. The van der Waals surface area contributed by atoms with Gasteiger partial charge in [0.05, 0.1) is 18.2 Å². The Bertz CT molecular complexity index is 857. The van der Waals surface area contributed by atoms with E-state index in [0.717, 1.165) is 37.4 Å². The van der Waals surface area contributed by atoms with Gasteiger partial charge in [-0.1, -0.05) is 18.2 Å². The molecule has 140 valence electrons. The Kier molecular flexibility index (Phi) is 4.58. The molecule has 0 aromatic heterocycles. The van der Waals surface area contributed by atoms with Gasteiger partial charge in [-0.15, -0.1) is 0 Å². The summed E-state index contributed by atoms with van der Waals surface area (Å²) in [6.45, 7) is 4.94. The normalized spacial score (nSPS) is 21.1. The van der Waals surface area contributed by atoms with E-state index in [1.165, 1.54) is 4.90 Å². The predicted molar refractivity (Wildman–Crippen MR) is 104 cm³/mol. The maximum atomic E-state index is 13.0. The number of benzene rings is 2. The number of rotatable bonds is 3. The maximum Gasteiger partial charge on any atom is 0.251 e. The van der Waals surface area contributed by atoms with Gasteiger partial charge < -0.3 is 10.0 Å². The van der Waals surface area contributed by atoms with Gasteiger partial charge in [0.15, 0.2) is 0 Å². The number of carbonyl (C=O) groups is 2. The van der Waals surface area contributed by atoms with E-state index >= 15 is 0 Å². The lowest BCUT2D eigenvalue weighted by Crippen LogP contribution is -2.52. The lowest BCUT2D eigenvalue weighted by Gasteiger charge is -2.38. The van der Waals surface area contributed by atoms with Crippen molar-refractivity contribution in [1.29, 1.82) is 0 Å². The molecule has 6 nitrogen and oxygen atoms in total. The molecular formula is C21H23N3O3. The van der Waals surface area contributed by atoms with Crippen LogP contribution in [0.25, 0.3) is 0 Å². The molecule has 0 radical (unpaired) electrons. The predicted octanol–water partition coefficient (Wildman–Crippen LogP) is 2.15. The van der Waals surface area contributed by atoms with Gasteiger partial charge in [-0.25, -0.2) is 4.90 Å². The molecule has 0 aliphatic carbocycles. The van der Waals surface area contributed by atoms with Crippen LogP contribution in [0.2, 0.25) is 0 Å². The van der Waals surface area contributed by atoms with Gasteiger partial charge in [-0.2, -0.15) is 0 Å². The minimum absolute atomic E-state index is 0.118. The third-order valence-corrected chi connectivity index (χ3v) is 5.45. The third-order valence-electron chi connectivity index (χ3n) is 5.45. The molecule has 2 heterocycles. The summed E-state index contributed by atoms with van der Waals surface area (Å²) in [5.74, 6) is 0.0106. The summed E-state index contributed by atoms with van der Waals surface area (Å²) in [7, 11) is 0. The largest absolute Gasteiger partial charge is 0.508 e. The molecule has 2 aliphatic heterocycles. The van der Waals surface area contributed by atoms with Gasteiger partial charge >= 0.3 is 0 Å². The van der Waals surface area contributed by atoms with E-state index < -0.39 is 0 Å². The number of carbonyl (C=O) groups excluding carboxylic acids is 2. The monoisotopic (exact) mass is 365 g/mol. The highest BCUT2D eigenvalue weighted by atomic mass is 16.3. The van der Waals surface area contributed by atoms with Crippen LogP contribution in [0.1, 0.15) is 12.0 Å². The van der Waals surface area contributed by atoms with Crippen molar-refractivity contribution in [3.8, 4) is 5.75 Å². The van der Waals surface area contributed by atoms with Crippen molar-refractivity contribution in [3.63, 3.8) is 0 Å². The number of phenols is 1. The summed E-state index contributed by atoms with van der Waals surface area (Å²) in [4.78, 5) is 31.2. The summed E-state index contributed by atoms with van der Waals surface area (Å²) in [6.07, 6.45) is 0.242. The number of imide groups is 1. The van der Waals surface area contributed by atoms with E-state index in [1.54, 1.807) is 12.1 Å². The van der Waals surface area contributed by atoms with Crippen molar-refractivity contribution >= 4 is 23.2 Å². The quantitative estimate of drug-likeness (QED) is 0.845. The van der Waals surface area contributed by atoms with Crippen LogP contribution in [0.4, 0.5) is 11.4 Å². The first-order valence-electron chi connectivity index (χ1n) is 9.25. The van der Waals surface area contributed by atoms with Crippen LogP contribution < -0.4 is 9.80 Å². The van der Waals surface area contributed by atoms with Gasteiger partial charge in [-0.05, 0) is 42.8 Å². The molecule has 1 atom stereocenters. The Morgan fingerprint density at radius 1 is 0.926 bits per heavy atom. The van der Waals surface area contributed by atoms with E-state index in [2.05, 4.69) is 9.80 Å².